The summed E-state index contributed by atoms with van der Waals surface area (Å²) in [5, 5.41) is 7.44. The number of aryl methyl sites for hydroxylation is 2. The number of anilines is 1. The maximum atomic E-state index is 12.5. The fourth-order valence-corrected chi connectivity index (χ4v) is 3.11. The third-order valence-corrected chi connectivity index (χ3v) is 4.52. The summed E-state index contributed by atoms with van der Waals surface area (Å²) in [5.41, 5.74) is 2.95. The molecule has 6 nitrogen and oxygen atoms in total. The molecule has 0 aliphatic rings. The molecule has 4 aromatic rings. The lowest BCUT2D eigenvalue weighted by molar-refractivity contribution is -0.116. The number of amides is 1. The van der Waals surface area contributed by atoms with E-state index in [-0.39, 0.29) is 12.3 Å². The molecule has 0 saturated carbocycles. The predicted molar refractivity (Wildman–Crippen MR) is 111 cm³/mol. The van der Waals surface area contributed by atoms with E-state index in [4.69, 9.17) is 4.42 Å². The molecule has 1 N–H and O–H groups in total. The number of rotatable bonds is 7. The SMILES string of the molecule is Cc1cc(NC(=O)CCc2ncc(-c3ccccc3)o2)n(Cc2ccccc2)n1. The average Bonchev–Trinajstić information content (AvgIpc) is 3.34. The van der Waals surface area contributed by atoms with Crippen LogP contribution in [0.5, 0.6) is 0 Å². The van der Waals surface area contributed by atoms with Gasteiger partial charge >= 0.3 is 0 Å². The Hall–Kier alpha value is -3.67. The van der Waals surface area contributed by atoms with E-state index >= 15 is 0 Å². The topological polar surface area (TPSA) is 73.0 Å². The molecule has 29 heavy (non-hydrogen) atoms. The van der Waals surface area contributed by atoms with Gasteiger partial charge in [0.25, 0.3) is 0 Å². The van der Waals surface area contributed by atoms with Crippen molar-refractivity contribution < 1.29 is 9.21 Å². The minimum absolute atomic E-state index is 0.0985. The van der Waals surface area contributed by atoms with E-state index < -0.39 is 0 Å². The van der Waals surface area contributed by atoms with Crippen LogP contribution in [0.3, 0.4) is 0 Å². The van der Waals surface area contributed by atoms with Crippen molar-refractivity contribution in [2.75, 3.05) is 5.32 Å². The van der Waals surface area contributed by atoms with Crippen LogP contribution in [0.15, 0.2) is 77.3 Å². The molecule has 2 aromatic carbocycles. The molecule has 0 spiro atoms. The first-order valence-electron chi connectivity index (χ1n) is 9.56. The maximum Gasteiger partial charge on any atom is 0.226 e. The number of carbonyl (C=O) groups is 1. The monoisotopic (exact) mass is 386 g/mol. The number of carbonyl (C=O) groups excluding carboxylic acids is 1. The minimum atomic E-state index is -0.0985. The van der Waals surface area contributed by atoms with Gasteiger partial charge in [0.2, 0.25) is 5.91 Å². The van der Waals surface area contributed by atoms with Crippen LogP contribution in [0.25, 0.3) is 11.3 Å². The standard InChI is InChI=1S/C23H22N4O2/c1-17-14-21(27(26-17)16-18-8-4-2-5-9-18)25-22(28)12-13-23-24-15-20(29-23)19-10-6-3-7-11-19/h2-11,14-15H,12-13,16H2,1H3,(H,25,28). The molecule has 0 saturated heterocycles. The van der Waals surface area contributed by atoms with Gasteiger partial charge < -0.3 is 9.73 Å². The molecule has 0 atom stereocenters. The molecule has 0 radical (unpaired) electrons. The van der Waals surface area contributed by atoms with Gasteiger partial charge in [0.1, 0.15) is 5.82 Å². The zero-order chi connectivity index (χ0) is 20.1. The van der Waals surface area contributed by atoms with E-state index in [9.17, 15) is 4.79 Å². The molecule has 146 valence electrons. The number of nitrogens with one attached hydrogen (secondary N) is 1. The van der Waals surface area contributed by atoms with Crippen LogP contribution in [-0.4, -0.2) is 20.7 Å². The predicted octanol–water partition coefficient (Wildman–Crippen LogP) is 4.47. The molecule has 0 bridgehead atoms. The van der Waals surface area contributed by atoms with E-state index in [1.807, 2.05) is 73.7 Å². The molecule has 0 aliphatic carbocycles. The molecule has 0 unspecified atom stereocenters. The third kappa shape index (κ3) is 4.79. The highest BCUT2D eigenvalue weighted by Crippen LogP contribution is 2.20. The second-order valence-corrected chi connectivity index (χ2v) is 6.85. The summed E-state index contributed by atoms with van der Waals surface area (Å²) in [6.45, 7) is 2.51. The fourth-order valence-electron chi connectivity index (χ4n) is 3.11. The molecule has 1 amide bonds. The normalized spacial score (nSPS) is 10.8. The van der Waals surface area contributed by atoms with Crippen LogP contribution in [0, 0.1) is 6.92 Å². The molecular weight excluding hydrogens is 364 g/mol. The number of oxazole rings is 1. The summed E-state index contributed by atoms with van der Waals surface area (Å²) >= 11 is 0. The highest BCUT2D eigenvalue weighted by molar-refractivity contribution is 5.90. The van der Waals surface area contributed by atoms with Crippen LogP contribution in [0.2, 0.25) is 0 Å². The first-order valence-corrected chi connectivity index (χ1v) is 9.56. The van der Waals surface area contributed by atoms with Crippen molar-refractivity contribution in [3.63, 3.8) is 0 Å². The summed E-state index contributed by atoms with van der Waals surface area (Å²) in [7, 11) is 0. The number of hydrogen-bond donors (Lipinski definition) is 1. The average molecular weight is 386 g/mol. The van der Waals surface area contributed by atoms with Crippen molar-refractivity contribution in [1.29, 1.82) is 0 Å². The Labute approximate surface area is 169 Å². The van der Waals surface area contributed by atoms with Gasteiger partial charge in [-0.05, 0) is 12.5 Å². The summed E-state index contributed by atoms with van der Waals surface area (Å²) in [6, 6.07) is 21.7. The van der Waals surface area contributed by atoms with Crippen molar-refractivity contribution in [3.05, 3.63) is 90.1 Å². The number of hydrogen-bond acceptors (Lipinski definition) is 4. The van der Waals surface area contributed by atoms with Gasteiger partial charge in [-0.15, -0.1) is 0 Å². The lowest BCUT2D eigenvalue weighted by Gasteiger charge is -2.08. The van der Waals surface area contributed by atoms with E-state index in [2.05, 4.69) is 15.4 Å². The zero-order valence-corrected chi connectivity index (χ0v) is 16.2. The van der Waals surface area contributed by atoms with Gasteiger partial charge in [0.15, 0.2) is 11.7 Å². The molecule has 2 aromatic heterocycles. The minimum Gasteiger partial charge on any atom is -0.441 e. The Morgan fingerprint density at radius 3 is 2.55 bits per heavy atom. The number of benzene rings is 2. The summed E-state index contributed by atoms with van der Waals surface area (Å²) < 4.78 is 7.58. The van der Waals surface area contributed by atoms with Gasteiger partial charge in [0.05, 0.1) is 18.4 Å². The molecule has 4 rings (SSSR count). The van der Waals surface area contributed by atoms with Crippen molar-refractivity contribution in [1.82, 2.24) is 14.8 Å². The van der Waals surface area contributed by atoms with E-state index in [0.717, 1.165) is 16.8 Å². The van der Waals surface area contributed by atoms with Gasteiger partial charge in [0, 0.05) is 24.5 Å². The van der Waals surface area contributed by atoms with Crippen LogP contribution >= 0.6 is 0 Å². The molecular formula is C23H22N4O2. The highest BCUT2D eigenvalue weighted by Gasteiger charge is 2.12. The Bertz CT molecular complexity index is 1080. The third-order valence-electron chi connectivity index (χ3n) is 4.52. The van der Waals surface area contributed by atoms with E-state index in [1.165, 1.54) is 0 Å². The zero-order valence-electron chi connectivity index (χ0n) is 16.2. The fraction of sp³-hybridized carbons (Fsp3) is 0.174. The Morgan fingerprint density at radius 1 is 1.07 bits per heavy atom. The van der Waals surface area contributed by atoms with Crippen molar-refractivity contribution in [2.45, 2.75) is 26.3 Å². The van der Waals surface area contributed by atoms with Crippen molar-refractivity contribution >= 4 is 11.7 Å². The molecule has 6 heteroatoms. The maximum absolute atomic E-state index is 12.5. The summed E-state index contributed by atoms with van der Waals surface area (Å²) in [6.07, 6.45) is 2.41. The second-order valence-electron chi connectivity index (χ2n) is 6.85. The first-order chi connectivity index (χ1) is 14.2. The first kappa shape index (κ1) is 18.7. The van der Waals surface area contributed by atoms with Crippen LogP contribution in [0.4, 0.5) is 5.82 Å². The lowest BCUT2D eigenvalue weighted by atomic mass is 10.2. The van der Waals surface area contributed by atoms with Crippen LogP contribution < -0.4 is 5.32 Å². The van der Waals surface area contributed by atoms with Crippen LogP contribution in [-0.2, 0) is 17.8 Å². The van der Waals surface area contributed by atoms with Gasteiger partial charge in [-0.3, -0.25) is 4.79 Å². The van der Waals surface area contributed by atoms with Gasteiger partial charge in [-0.2, -0.15) is 5.10 Å². The van der Waals surface area contributed by atoms with Gasteiger partial charge in [-0.25, -0.2) is 9.67 Å². The number of nitrogens with zero attached hydrogens (tertiary/aromatic N) is 3. The lowest BCUT2D eigenvalue weighted by Crippen LogP contribution is -2.16. The quantitative estimate of drug-likeness (QED) is 0.509. The van der Waals surface area contributed by atoms with Crippen molar-refractivity contribution in [2.24, 2.45) is 0 Å². The van der Waals surface area contributed by atoms with Crippen molar-refractivity contribution in [3.8, 4) is 11.3 Å². The number of aromatic nitrogens is 3. The van der Waals surface area contributed by atoms with E-state index in [0.29, 0.717) is 30.4 Å². The highest BCUT2D eigenvalue weighted by atomic mass is 16.4. The molecule has 0 aliphatic heterocycles. The second kappa shape index (κ2) is 8.56. The Balaban J connectivity index is 1.36. The summed E-state index contributed by atoms with van der Waals surface area (Å²) in [5.74, 6) is 1.85. The molecule has 2 heterocycles. The molecule has 0 fully saturated rings. The van der Waals surface area contributed by atoms with Gasteiger partial charge in [-0.1, -0.05) is 60.7 Å². The van der Waals surface area contributed by atoms with Crippen LogP contribution in [0.1, 0.15) is 23.6 Å². The Morgan fingerprint density at radius 2 is 1.79 bits per heavy atom. The van der Waals surface area contributed by atoms with E-state index in [1.54, 1.807) is 10.9 Å². The Kier molecular flexibility index (Phi) is 5.52. The summed E-state index contributed by atoms with van der Waals surface area (Å²) in [4.78, 5) is 16.7. The largest absolute Gasteiger partial charge is 0.441 e. The smallest absolute Gasteiger partial charge is 0.226 e.